The van der Waals surface area contributed by atoms with Crippen LogP contribution in [0.25, 0.3) is 0 Å². The molecule has 0 N–H and O–H groups in total. The van der Waals surface area contributed by atoms with Gasteiger partial charge in [-0.1, -0.05) is 20.8 Å². The lowest BCUT2D eigenvalue weighted by Gasteiger charge is -2.61. The summed E-state index contributed by atoms with van der Waals surface area (Å²) >= 11 is 0. The number of fused-ring (bicyclic) bond motifs is 4. The van der Waals surface area contributed by atoms with Crippen molar-refractivity contribution in [1.29, 1.82) is 0 Å². The van der Waals surface area contributed by atoms with E-state index in [2.05, 4.69) is 20.8 Å². The van der Waals surface area contributed by atoms with Gasteiger partial charge in [-0.25, -0.2) is 0 Å². The van der Waals surface area contributed by atoms with Crippen LogP contribution in [0.1, 0.15) is 78.6 Å². The second kappa shape index (κ2) is 5.65. The first-order valence-corrected chi connectivity index (χ1v) is 12.4. The van der Waals surface area contributed by atoms with E-state index in [9.17, 15) is 4.79 Å². The van der Waals surface area contributed by atoms with Gasteiger partial charge in [0.25, 0.3) is 0 Å². The molecular formula is C26H40O2. The third-order valence-corrected chi connectivity index (χ3v) is 12.3. The number of carbonyl (C=O) groups excluding carboxylic acids is 1. The maximum absolute atomic E-state index is 11.3. The van der Waals surface area contributed by atoms with Gasteiger partial charge in [0, 0.05) is 18.4 Å². The molecule has 0 unspecified atom stereocenters. The van der Waals surface area contributed by atoms with Crippen molar-refractivity contribution in [2.24, 2.45) is 63.6 Å². The van der Waals surface area contributed by atoms with Gasteiger partial charge in [-0.15, -0.1) is 0 Å². The van der Waals surface area contributed by atoms with E-state index >= 15 is 0 Å². The summed E-state index contributed by atoms with van der Waals surface area (Å²) in [6, 6.07) is 0. The maximum Gasteiger partial charge on any atom is 0.123 e. The summed E-state index contributed by atoms with van der Waals surface area (Å²) in [6.07, 6.45) is 14.4. The lowest BCUT2D eigenvalue weighted by Crippen LogP contribution is -2.57. The molecule has 6 saturated carbocycles. The highest BCUT2D eigenvalue weighted by Crippen LogP contribution is 2.82. The average molecular weight is 385 g/mol. The van der Waals surface area contributed by atoms with E-state index in [4.69, 9.17) is 4.74 Å². The van der Waals surface area contributed by atoms with Crippen LogP contribution in [0.15, 0.2) is 0 Å². The highest BCUT2D eigenvalue weighted by atomic mass is 16.5. The summed E-state index contributed by atoms with van der Waals surface area (Å²) in [5, 5.41) is 0. The van der Waals surface area contributed by atoms with Gasteiger partial charge in [0.15, 0.2) is 0 Å². The largest absolute Gasteiger partial charge is 0.381 e. The Morgan fingerprint density at radius 1 is 1.04 bits per heavy atom. The number of aldehydes is 1. The topological polar surface area (TPSA) is 26.3 Å². The summed E-state index contributed by atoms with van der Waals surface area (Å²) in [4.78, 5) is 11.3. The van der Waals surface area contributed by atoms with E-state index in [1.165, 1.54) is 64.1 Å². The van der Waals surface area contributed by atoms with Crippen LogP contribution in [0, 0.1) is 63.6 Å². The molecule has 6 aliphatic carbocycles. The zero-order valence-corrected chi connectivity index (χ0v) is 18.5. The first-order chi connectivity index (χ1) is 13.4. The standard InChI is InChI=1S/C26H40O2/c1-15(18-11-16(18)14-27)20-5-6-21-19-12-23(28-4)26-13-17(26)7-10-25(26,3)22(19)8-9-24(20,21)2/h14-23H,5-13H2,1-4H3/t15-,16-,17-,18-,19+,20-,21+,22+,23-,24-,25-,26+/m1/s1. The molecule has 0 aromatic rings. The van der Waals surface area contributed by atoms with Crippen LogP contribution in [0.2, 0.25) is 0 Å². The second-order valence-electron chi connectivity index (χ2n) is 12.5. The zero-order chi connectivity index (χ0) is 19.5. The molecule has 0 radical (unpaired) electrons. The summed E-state index contributed by atoms with van der Waals surface area (Å²) in [7, 11) is 2.00. The summed E-state index contributed by atoms with van der Waals surface area (Å²) in [5.41, 5.74) is 1.61. The Morgan fingerprint density at radius 2 is 1.86 bits per heavy atom. The van der Waals surface area contributed by atoms with Crippen molar-refractivity contribution in [3.05, 3.63) is 0 Å². The van der Waals surface area contributed by atoms with Gasteiger partial charge in [0.1, 0.15) is 6.29 Å². The van der Waals surface area contributed by atoms with Gasteiger partial charge in [-0.3, -0.25) is 0 Å². The maximum atomic E-state index is 11.3. The van der Waals surface area contributed by atoms with Gasteiger partial charge in [-0.2, -0.15) is 0 Å². The van der Waals surface area contributed by atoms with E-state index < -0.39 is 0 Å². The van der Waals surface area contributed by atoms with Crippen molar-refractivity contribution < 1.29 is 9.53 Å². The molecule has 28 heavy (non-hydrogen) atoms. The van der Waals surface area contributed by atoms with E-state index in [0.29, 0.717) is 34.2 Å². The number of hydrogen-bond donors (Lipinski definition) is 0. The molecule has 12 atom stereocenters. The normalized spacial score (nSPS) is 62.3. The van der Waals surface area contributed by atoms with Crippen LogP contribution in [0.5, 0.6) is 0 Å². The molecular weight excluding hydrogens is 344 g/mol. The SMILES string of the molecule is CO[C@@H]1C[C@H]2[C@@H]3CC[C@H]([C@H](C)[C@H]4C[C@@H]4C=O)[C@@]3(C)CC[C@@H]2[C@@]2(C)CC[C@@H]3C[C@]312. The molecule has 0 aromatic heterocycles. The first kappa shape index (κ1) is 18.4. The molecule has 0 aromatic carbocycles. The molecule has 2 heteroatoms. The average Bonchev–Trinajstić information content (AvgIpc) is 3.56. The molecule has 0 bridgehead atoms. The summed E-state index contributed by atoms with van der Waals surface area (Å²) in [6.45, 7) is 7.82. The Kier molecular flexibility index (Phi) is 3.72. The fourth-order valence-electron chi connectivity index (χ4n) is 10.8. The van der Waals surface area contributed by atoms with Gasteiger partial charge in [0.2, 0.25) is 0 Å². The minimum Gasteiger partial charge on any atom is -0.381 e. The molecule has 0 saturated heterocycles. The van der Waals surface area contributed by atoms with Crippen molar-refractivity contribution >= 4 is 6.29 Å². The first-order valence-electron chi connectivity index (χ1n) is 12.4. The van der Waals surface area contributed by atoms with E-state index in [1.54, 1.807) is 0 Å². The molecule has 2 nitrogen and oxygen atoms in total. The van der Waals surface area contributed by atoms with Crippen LogP contribution in [-0.2, 0) is 9.53 Å². The fourth-order valence-corrected chi connectivity index (χ4v) is 10.8. The second-order valence-corrected chi connectivity index (χ2v) is 12.5. The Balaban J connectivity index is 1.30. The van der Waals surface area contributed by atoms with Gasteiger partial charge < -0.3 is 9.53 Å². The van der Waals surface area contributed by atoms with Crippen LogP contribution >= 0.6 is 0 Å². The predicted molar refractivity (Wildman–Crippen MR) is 111 cm³/mol. The van der Waals surface area contributed by atoms with Crippen LogP contribution in [0.3, 0.4) is 0 Å². The van der Waals surface area contributed by atoms with Crippen LogP contribution < -0.4 is 0 Å². The molecule has 6 fully saturated rings. The molecule has 0 heterocycles. The third-order valence-electron chi connectivity index (χ3n) is 12.3. The molecule has 6 aliphatic rings. The number of ether oxygens (including phenoxy) is 1. The third kappa shape index (κ3) is 1.98. The van der Waals surface area contributed by atoms with Gasteiger partial charge >= 0.3 is 0 Å². The molecule has 1 spiro atoms. The van der Waals surface area contributed by atoms with E-state index in [0.717, 1.165) is 35.5 Å². The van der Waals surface area contributed by atoms with Crippen molar-refractivity contribution in [1.82, 2.24) is 0 Å². The zero-order valence-electron chi connectivity index (χ0n) is 18.5. The summed E-state index contributed by atoms with van der Waals surface area (Å²) in [5.74, 6) is 6.36. The number of rotatable bonds is 4. The number of methoxy groups -OCH3 is 1. The number of hydrogen-bond acceptors (Lipinski definition) is 2. The number of carbonyl (C=O) groups is 1. The lowest BCUT2D eigenvalue weighted by molar-refractivity contribution is -0.161. The van der Waals surface area contributed by atoms with Gasteiger partial charge in [0.05, 0.1) is 6.10 Å². The van der Waals surface area contributed by atoms with Crippen molar-refractivity contribution in [3.63, 3.8) is 0 Å². The minimum atomic E-state index is 0.380. The highest BCUT2D eigenvalue weighted by Gasteiger charge is 2.77. The smallest absolute Gasteiger partial charge is 0.123 e. The monoisotopic (exact) mass is 384 g/mol. The van der Waals surface area contributed by atoms with Gasteiger partial charge in [-0.05, 0) is 110 Å². The van der Waals surface area contributed by atoms with Crippen LogP contribution in [0.4, 0.5) is 0 Å². The highest BCUT2D eigenvalue weighted by molar-refractivity contribution is 5.58. The van der Waals surface area contributed by atoms with Crippen molar-refractivity contribution in [2.75, 3.05) is 7.11 Å². The Bertz CT molecular complexity index is 688. The molecule has 156 valence electrons. The Morgan fingerprint density at radius 3 is 2.54 bits per heavy atom. The van der Waals surface area contributed by atoms with Crippen molar-refractivity contribution in [3.8, 4) is 0 Å². The van der Waals surface area contributed by atoms with Crippen LogP contribution in [-0.4, -0.2) is 19.5 Å². The quantitative estimate of drug-likeness (QED) is 0.578. The Hall–Kier alpha value is -0.370. The molecule has 6 rings (SSSR count). The van der Waals surface area contributed by atoms with E-state index in [-0.39, 0.29) is 0 Å². The Labute approximate surface area is 171 Å². The molecule has 0 amide bonds. The predicted octanol–water partition coefficient (Wildman–Crippen LogP) is 5.74. The molecule has 0 aliphatic heterocycles. The minimum absolute atomic E-state index is 0.380. The lowest BCUT2D eigenvalue weighted by atomic mass is 9.45. The summed E-state index contributed by atoms with van der Waals surface area (Å²) < 4.78 is 6.26. The fraction of sp³-hybridized carbons (Fsp3) is 0.962. The van der Waals surface area contributed by atoms with E-state index in [1.807, 2.05) is 7.11 Å². The van der Waals surface area contributed by atoms with Crippen molar-refractivity contribution in [2.45, 2.75) is 84.7 Å².